The van der Waals surface area contributed by atoms with Gasteiger partial charge in [-0.3, -0.25) is 0 Å². The minimum atomic E-state index is 0.139. The van der Waals surface area contributed by atoms with E-state index in [0.29, 0.717) is 12.3 Å². The third-order valence-corrected chi connectivity index (χ3v) is 4.89. The van der Waals surface area contributed by atoms with Gasteiger partial charge in [-0.15, -0.1) is 0 Å². The van der Waals surface area contributed by atoms with Gasteiger partial charge in [-0.2, -0.15) is 0 Å². The van der Waals surface area contributed by atoms with Crippen LogP contribution in [0.25, 0.3) is 0 Å². The molecule has 1 aliphatic rings. The van der Waals surface area contributed by atoms with E-state index in [-0.39, 0.29) is 5.41 Å². The summed E-state index contributed by atoms with van der Waals surface area (Å²) < 4.78 is 0.810. The largest absolute Gasteiger partial charge is 0.507 e. The summed E-state index contributed by atoms with van der Waals surface area (Å²) in [6.07, 6.45) is 4.85. The van der Waals surface area contributed by atoms with Crippen molar-refractivity contribution in [3.63, 3.8) is 0 Å². The van der Waals surface area contributed by atoms with Crippen molar-refractivity contribution in [2.24, 2.45) is 5.73 Å². The summed E-state index contributed by atoms with van der Waals surface area (Å²) in [5.41, 5.74) is 8.55. The summed E-state index contributed by atoms with van der Waals surface area (Å²) in [6.45, 7) is 2.75. The second-order valence-corrected chi connectivity index (χ2v) is 5.56. The molecule has 1 aromatic rings. The van der Waals surface area contributed by atoms with Crippen LogP contribution >= 0.6 is 15.9 Å². The second kappa shape index (κ2) is 4.38. The number of phenolic OH excluding ortho intramolecular Hbond substituents is 1. The quantitative estimate of drug-likeness (QED) is 0.875. The number of hydrogen-bond acceptors (Lipinski definition) is 2. The van der Waals surface area contributed by atoms with E-state index in [1.165, 1.54) is 31.2 Å². The third-order valence-electron chi connectivity index (χ3n) is 3.89. The lowest BCUT2D eigenvalue weighted by Crippen LogP contribution is -2.32. The van der Waals surface area contributed by atoms with Gasteiger partial charge in [0.25, 0.3) is 0 Å². The lowest BCUT2D eigenvalue weighted by molar-refractivity contribution is 0.444. The smallest absolute Gasteiger partial charge is 0.130 e. The fraction of sp³-hybridized carbons (Fsp3) is 0.538. The Kier molecular flexibility index (Phi) is 3.27. The number of rotatable bonds is 2. The van der Waals surface area contributed by atoms with Gasteiger partial charge < -0.3 is 10.8 Å². The van der Waals surface area contributed by atoms with Gasteiger partial charge in [0.1, 0.15) is 5.75 Å². The van der Waals surface area contributed by atoms with E-state index in [0.717, 1.165) is 10.0 Å². The van der Waals surface area contributed by atoms with Crippen LogP contribution in [0.3, 0.4) is 0 Å². The number of halogens is 1. The van der Waals surface area contributed by atoms with Crippen molar-refractivity contribution < 1.29 is 5.11 Å². The number of phenols is 1. The summed E-state index contributed by atoms with van der Waals surface area (Å²) in [7, 11) is 0. The van der Waals surface area contributed by atoms with E-state index in [1.807, 2.05) is 6.07 Å². The Morgan fingerprint density at radius 1 is 1.38 bits per heavy atom. The molecule has 16 heavy (non-hydrogen) atoms. The van der Waals surface area contributed by atoms with Crippen LogP contribution in [-0.4, -0.2) is 11.7 Å². The van der Waals surface area contributed by atoms with Gasteiger partial charge in [0.15, 0.2) is 0 Å². The summed E-state index contributed by atoms with van der Waals surface area (Å²) in [4.78, 5) is 0. The number of benzene rings is 1. The molecular weight excluding hydrogens is 266 g/mol. The minimum absolute atomic E-state index is 0.139. The molecule has 0 aliphatic heterocycles. The van der Waals surface area contributed by atoms with Gasteiger partial charge in [0.05, 0.1) is 4.47 Å². The van der Waals surface area contributed by atoms with Crippen molar-refractivity contribution in [2.45, 2.75) is 38.0 Å². The molecule has 0 heterocycles. The second-order valence-electron chi connectivity index (χ2n) is 4.76. The first-order valence-electron chi connectivity index (χ1n) is 5.79. The molecule has 3 heteroatoms. The zero-order valence-electron chi connectivity index (χ0n) is 9.59. The van der Waals surface area contributed by atoms with Crippen molar-refractivity contribution in [1.82, 2.24) is 0 Å². The normalized spacial score (nSPS) is 18.9. The van der Waals surface area contributed by atoms with E-state index in [1.54, 1.807) is 6.07 Å². The van der Waals surface area contributed by atoms with Crippen LogP contribution in [0.15, 0.2) is 16.6 Å². The first-order valence-corrected chi connectivity index (χ1v) is 6.59. The van der Waals surface area contributed by atoms with Crippen LogP contribution in [0.2, 0.25) is 0 Å². The summed E-state index contributed by atoms with van der Waals surface area (Å²) in [5.74, 6) is 0.311. The molecule has 2 nitrogen and oxygen atoms in total. The SMILES string of the molecule is Cc1c(C2(CN)CCCC2)ccc(O)c1Br. The van der Waals surface area contributed by atoms with E-state index in [4.69, 9.17) is 5.73 Å². The van der Waals surface area contributed by atoms with Gasteiger partial charge >= 0.3 is 0 Å². The highest BCUT2D eigenvalue weighted by Gasteiger charge is 2.35. The molecule has 1 aliphatic carbocycles. The fourth-order valence-corrected chi connectivity index (χ4v) is 3.23. The number of hydrogen-bond donors (Lipinski definition) is 2. The number of nitrogens with two attached hydrogens (primary N) is 1. The Hall–Kier alpha value is -0.540. The van der Waals surface area contributed by atoms with Crippen LogP contribution in [0, 0.1) is 6.92 Å². The van der Waals surface area contributed by atoms with Crippen molar-refractivity contribution in [1.29, 1.82) is 0 Å². The van der Waals surface area contributed by atoms with E-state index >= 15 is 0 Å². The third kappa shape index (κ3) is 1.76. The van der Waals surface area contributed by atoms with Crippen LogP contribution in [0.1, 0.15) is 36.8 Å². The molecule has 0 atom stereocenters. The predicted molar refractivity (Wildman–Crippen MR) is 69.7 cm³/mol. The van der Waals surface area contributed by atoms with Crippen molar-refractivity contribution >= 4 is 15.9 Å². The summed E-state index contributed by atoms with van der Waals surface area (Å²) in [5, 5.41) is 9.65. The molecule has 1 aromatic carbocycles. The zero-order valence-corrected chi connectivity index (χ0v) is 11.2. The lowest BCUT2D eigenvalue weighted by Gasteiger charge is -2.30. The Morgan fingerprint density at radius 2 is 2.00 bits per heavy atom. The maximum absolute atomic E-state index is 9.65. The molecule has 3 N–H and O–H groups in total. The Morgan fingerprint density at radius 3 is 2.56 bits per heavy atom. The van der Waals surface area contributed by atoms with E-state index < -0.39 is 0 Å². The molecule has 0 spiro atoms. The number of aromatic hydroxyl groups is 1. The molecule has 88 valence electrons. The molecule has 2 rings (SSSR count). The Bertz CT molecular complexity index is 397. The molecule has 0 radical (unpaired) electrons. The van der Waals surface area contributed by atoms with E-state index in [9.17, 15) is 5.11 Å². The molecule has 0 saturated heterocycles. The molecule has 0 bridgehead atoms. The van der Waals surface area contributed by atoms with E-state index in [2.05, 4.69) is 22.9 Å². The highest BCUT2D eigenvalue weighted by atomic mass is 79.9. The van der Waals surface area contributed by atoms with Gasteiger partial charge in [-0.05, 0) is 52.9 Å². The fourth-order valence-electron chi connectivity index (χ4n) is 2.88. The van der Waals surface area contributed by atoms with Crippen molar-refractivity contribution in [3.05, 3.63) is 27.7 Å². The summed E-state index contributed by atoms with van der Waals surface area (Å²) in [6, 6.07) is 3.80. The molecule has 1 saturated carbocycles. The van der Waals surface area contributed by atoms with Gasteiger partial charge in [0.2, 0.25) is 0 Å². The first kappa shape index (κ1) is 11.9. The zero-order chi connectivity index (χ0) is 11.8. The average molecular weight is 284 g/mol. The van der Waals surface area contributed by atoms with Crippen molar-refractivity contribution in [3.8, 4) is 5.75 Å². The molecule has 0 unspecified atom stereocenters. The van der Waals surface area contributed by atoms with Gasteiger partial charge in [0, 0.05) is 12.0 Å². The highest BCUT2D eigenvalue weighted by molar-refractivity contribution is 9.10. The lowest BCUT2D eigenvalue weighted by atomic mass is 9.77. The van der Waals surface area contributed by atoms with Crippen molar-refractivity contribution in [2.75, 3.05) is 6.54 Å². The van der Waals surface area contributed by atoms with Crippen LogP contribution in [-0.2, 0) is 5.41 Å². The van der Waals surface area contributed by atoms with Crippen LogP contribution in [0.5, 0.6) is 5.75 Å². The van der Waals surface area contributed by atoms with Gasteiger partial charge in [-0.1, -0.05) is 18.9 Å². The Balaban J connectivity index is 2.51. The Labute approximate surface area is 105 Å². The van der Waals surface area contributed by atoms with Crippen LogP contribution in [0.4, 0.5) is 0 Å². The van der Waals surface area contributed by atoms with Gasteiger partial charge in [-0.25, -0.2) is 0 Å². The first-order chi connectivity index (χ1) is 7.60. The minimum Gasteiger partial charge on any atom is -0.507 e. The maximum atomic E-state index is 9.65. The standard InChI is InChI=1S/C13H18BrNO/c1-9-10(4-5-11(16)12(9)14)13(8-15)6-2-3-7-13/h4-5,16H,2-3,6-8,15H2,1H3. The summed E-state index contributed by atoms with van der Waals surface area (Å²) >= 11 is 3.44. The monoisotopic (exact) mass is 283 g/mol. The molecular formula is C13H18BrNO. The molecule has 1 fully saturated rings. The maximum Gasteiger partial charge on any atom is 0.130 e. The molecule has 0 aromatic heterocycles. The topological polar surface area (TPSA) is 46.2 Å². The molecule has 0 amide bonds. The van der Waals surface area contributed by atoms with Crippen LogP contribution < -0.4 is 5.73 Å². The average Bonchev–Trinajstić information content (AvgIpc) is 2.76. The highest BCUT2D eigenvalue weighted by Crippen LogP contribution is 2.44. The predicted octanol–water partition coefficient (Wildman–Crippen LogP) is 3.23.